The van der Waals surface area contributed by atoms with Gasteiger partial charge in [0.2, 0.25) is 0 Å². The zero-order valence-corrected chi connectivity index (χ0v) is 18.7. The zero-order chi connectivity index (χ0) is 21.9. The lowest BCUT2D eigenvalue weighted by molar-refractivity contribution is -0.385. The third-order valence-corrected chi connectivity index (χ3v) is 5.40. The molecule has 0 bridgehead atoms. The lowest BCUT2D eigenvalue weighted by Crippen LogP contribution is -2.18. The van der Waals surface area contributed by atoms with Crippen molar-refractivity contribution in [1.29, 1.82) is 0 Å². The fraction of sp³-hybridized carbons (Fsp3) is 0.640. The third kappa shape index (κ3) is 12.4. The van der Waals surface area contributed by atoms with E-state index in [9.17, 15) is 14.9 Å². The molecule has 168 valence electrons. The highest BCUT2D eigenvalue weighted by Gasteiger charge is 2.17. The summed E-state index contributed by atoms with van der Waals surface area (Å²) in [6.45, 7) is 2.26. The van der Waals surface area contributed by atoms with Crippen molar-refractivity contribution >= 4 is 11.6 Å². The third-order valence-electron chi connectivity index (χ3n) is 5.40. The Bertz CT molecular complexity index is 629. The van der Waals surface area contributed by atoms with Crippen molar-refractivity contribution in [2.75, 3.05) is 0 Å². The summed E-state index contributed by atoms with van der Waals surface area (Å²) < 4.78 is 0. The van der Waals surface area contributed by atoms with Gasteiger partial charge in [-0.2, -0.15) is 0 Å². The van der Waals surface area contributed by atoms with E-state index in [0.717, 1.165) is 12.8 Å². The fourth-order valence-corrected chi connectivity index (χ4v) is 3.58. The Labute approximate surface area is 182 Å². The number of nitro benzene ring substituents is 1. The minimum absolute atomic E-state index is 0.0867. The molecule has 1 aromatic carbocycles. The largest absolute Gasteiger partial charge is 0.329 e. The van der Waals surface area contributed by atoms with E-state index < -0.39 is 10.8 Å². The van der Waals surface area contributed by atoms with Gasteiger partial charge >= 0.3 is 0 Å². The SMILES string of the molecule is CCCCCCCCCCCCCCCCC=CNC(=O)c1ccccc1[N+](=O)[O-]. The molecular weight excluding hydrogens is 376 g/mol. The first kappa shape index (κ1) is 25.9. The summed E-state index contributed by atoms with van der Waals surface area (Å²) >= 11 is 0. The minimum atomic E-state index is -0.534. The van der Waals surface area contributed by atoms with E-state index in [2.05, 4.69) is 12.2 Å². The Morgan fingerprint density at radius 2 is 1.37 bits per heavy atom. The van der Waals surface area contributed by atoms with E-state index in [-0.39, 0.29) is 11.3 Å². The first-order chi connectivity index (χ1) is 14.7. The lowest BCUT2D eigenvalue weighted by atomic mass is 10.0. The molecule has 0 aliphatic rings. The molecule has 1 aromatic rings. The predicted molar refractivity (Wildman–Crippen MR) is 125 cm³/mol. The normalized spacial score (nSPS) is 11.1. The second kappa shape index (κ2) is 17.7. The number of hydrogen-bond donors (Lipinski definition) is 1. The van der Waals surface area contributed by atoms with Crippen LogP contribution in [0.3, 0.4) is 0 Å². The molecule has 0 radical (unpaired) electrons. The quantitative estimate of drug-likeness (QED) is 0.151. The molecule has 1 N–H and O–H groups in total. The minimum Gasteiger partial charge on any atom is -0.329 e. The van der Waals surface area contributed by atoms with E-state index in [4.69, 9.17) is 0 Å². The molecule has 5 nitrogen and oxygen atoms in total. The number of unbranched alkanes of at least 4 members (excludes halogenated alkanes) is 14. The number of nitro groups is 1. The van der Waals surface area contributed by atoms with Crippen molar-refractivity contribution in [2.24, 2.45) is 0 Å². The Morgan fingerprint density at radius 1 is 0.867 bits per heavy atom. The number of hydrogen-bond acceptors (Lipinski definition) is 3. The molecule has 1 amide bonds. The van der Waals surface area contributed by atoms with Crippen LogP contribution in [0.2, 0.25) is 0 Å². The van der Waals surface area contributed by atoms with Crippen LogP contribution in [0.25, 0.3) is 0 Å². The highest BCUT2D eigenvalue weighted by molar-refractivity contribution is 5.98. The second-order valence-electron chi connectivity index (χ2n) is 8.03. The molecule has 1 rings (SSSR count). The van der Waals surface area contributed by atoms with E-state index in [1.54, 1.807) is 18.3 Å². The van der Waals surface area contributed by atoms with Gasteiger partial charge in [0.05, 0.1) is 4.92 Å². The Hall–Kier alpha value is -2.17. The standard InChI is InChI=1S/C25H40N2O3/c1-2-3-4-5-6-7-8-9-10-11-12-13-14-15-16-19-22-26-25(28)23-20-17-18-21-24(23)27(29)30/h17-22H,2-16H2,1H3,(H,26,28). The van der Waals surface area contributed by atoms with Crippen LogP contribution in [0.4, 0.5) is 5.69 Å². The van der Waals surface area contributed by atoms with Crippen LogP contribution in [0.5, 0.6) is 0 Å². The van der Waals surface area contributed by atoms with Crippen LogP contribution >= 0.6 is 0 Å². The molecule has 0 atom stereocenters. The lowest BCUT2D eigenvalue weighted by Gasteiger charge is -2.03. The summed E-state index contributed by atoms with van der Waals surface area (Å²) in [6.07, 6.45) is 23.2. The molecule has 0 saturated heterocycles. The van der Waals surface area contributed by atoms with E-state index in [0.29, 0.717) is 0 Å². The van der Waals surface area contributed by atoms with E-state index >= 15 is 0 Å². The number of para-hydroxylation sites is 1. The molecule has 0 aliphatic carbocycles. The van der Waals surface area contributed by atoms with Crippen molar-refractivity contribution in [3.63, 3.8) is 0 Å². The van der Waals surface area contributed by atoms with Gasteiger partial charge in [-0.15, -0.1) is 0 Å². The molecule has 0 fully saturated rings. The Balaban J connectivity index is 1.95. The van der Waals surface area contributed by atoms with Gasteiger partial charge in [-0.3, -0.25) is 14.9 Å². The number of allylic oxidation sites excluding steroid dienone is 1. The number of carbonyl (C=O) groups excluding carboxylic acids is 1. The number of nitrogens with one attached hydrogen (secondary N) is 1. The molecule has 30 heavy (non-hydrogen) atoms. The monoisotopic (exact) mass is 416 g/mol. The average molecular weight is 417 g/mol. The summed E-state index contributed by atoms with van der Waals surface area (Å²) in [5.74, 6) is -0.445. The van der Waals surface area contributed by atoms with Gasteiger partial charge in [0.25, 0.3) is 11.6 Å². The van der Waals surface area contributed by atoms with Crippen LogP contribution in [0.1, 0.15) is 114 Å². The van der Waals surface area contributed by atoms with Gasteiger partial charge < -0.3 is 5.32 Å². The van der Waals surface area contributed by atoms with Gasteiger partial charge in [-0.25, -0.2) is 0 Å². The highest BCUT2D eigenvalue weighted by Crippen LogP contribution is 2.17. The van der Waals surface area contributed by atoms with Gasteiger partial charge in [-0.1, -0.05) is 109 Å². The van der Waals surface area contributed by atoms with Crippen molar-refractivity contribution in [2.45, 2.75) is 103 Å². The maximum absolute atomic E-state index is 12.1. The molecule has 0 spiro atoms. The van der Waals surface area contributed by atoms with Gasteiger partial charge in [0, 0.05) is 12.3 Å². The number of amides is 1. The summed E-state index contributed by atoms with van der Waals surface area (Å²) in [7, 11) is 0. The number of benzene rings is 1. The fourth-order valence-electron chi connectivity index (χ4n) is 3.58. The summed E-state index contributed by atoms with van der Waals surface area (Å²) in [5, 5.41) is 13.6. The highest BCUT2D eigenvalue weighted by atomic mass is 16.6. The average Bonchev–Trinajstić information content (AvgIpc) is 2.75. The van der Waals surface area contributed by atoms with Gasteiger partial charge in [0.1, 0.15) is 5.56 Å². The zero-order valence-electron chi connectivity index (χ0n) is 18.7. The van der Waals surface area contributed by atoms with Gasteiger partial charge in [-0.05, 0) is 18.9 Å². The number of carbonyl (C=O) groups is 1. The predicted octanol–water partition coefficient (Wildman–Crippen LogP) is 7.71. The number of nitrogens with zero attached hydrogens (tertiary/aromatic N) is 1. The van der Waals surface area contributed by atoms with Crippen molar-refractivity contribution in [3.8, 4) is 0 Å². The maximum Gasteiger partial charge on any atom is 0.282 e. The van der Waals surface area contributed by atoms with Crippen LogP contribution < -0.4 is 5.32 Å². The number of rotatable bonds is 18. The summed E-state index contributed by atoms with van der Waals surface area (Å²) in [5.41, 5.74) is -0.0842. The molecule has 5 heteroatoms. The molecule has 0 aliphatic heterocycles. The van der Waals surface area contributed by atoms with E-state index in [1.807, 2.05) is 6.08 Å². The topological polar surface area (TPSA) is 72.2 Å². The summed E-state index contributed by atoms with van der Waals surface area (Å²) in [6, 6.07) is 5.99. The van der Waals surface area contributed by atoms with Crippen LogP contribution in [0.15, 0.2) is 36.5 Å². The molecule has 0 unspecified atom stereocenters. The van der Waals surface area contributed by atoms with Crippen LogP contribution in [0, 0.1) is 10.1 Å². The Kier molecular flexibility index (Phi) is 15.2. The first-order valence-corrected chi connectivity index (χ1v) is 11.9. The Morgan fingerprint density at radius 3 is 1.90 bits per heavy atom. The molecular formula is C25H40N2O3. The van der Waals surface area contributed by atoms with E-state index in [1.165, 1.54) is 95.6 Å². The van der Waals surface area contributed by atoms with Gasteiger partial charge in [0.15, 0.2) is 0 Å². The molecule has 0 saturated carbocycles. The molecule has 0 heterocycles. The smallest absolute Gasteiger partial charge is 0.282 e. The second-order valence-corrected chi connectivity index (χ2v) is 8.03. The van der Waals surface area contributed by atoms with Crippen molar-refractivity contribution in [3.05, 3.63) is 52.2 Å². The molecule has 0 aromatic heterocycles. The van der Waals surface area contributed by atoms with Crippen LogP contribution in [-0.2, 0) is 0 Å². The summed E-state index contributed by atoms with van der Waals surface area (Å²) in [4.78, 5) is 22.5. The first-order valence-electron chi connectivity index (χ1n) is 11.9. The van der Waals surface area contributed by atoms with Crippen LogP contribution in [-0.4, -0.2) is 10.8 Å². The van der Waals surface area contributed by atoms with Crippen molar-refractivity contribution < 1.29 is 9.72 Å². The van der Waals surface area contributed by atoms with Crippen molar-refractivity contribution in [1.82, 2.24) is 5.32 Å². The maximum atomic E-state index is 12.1.